The van der Waals surface area contributed by atoms with Crippen LogP contribution in [0.25, 0.3) is 11.4 Å². The van der Waals surface area contributed by atoms with E-state index in [0.717, 1.165) is 23.1 Å². The molecular weight excluding hydrogens is 360 g/mol. The number of aromatic nitrogens is 5. The molecule has 0 aliphatic rings. The number of rotatable bonds is 7. The van der Waals surface area contributed by atoms with Gasteiger partial charge in [-0.3, -0.25) is 4.79 Å². The zero-order valence-corrected chi connectivity index (χ0v) is 16.8. The number of hydrogen-bond donors (Lipinski definition) is 1. The molecule has 1 aromatic carbocycles. The van der Waals surface area contributed by atoms with Crippen molar-refractivity contribution >= 4 is 23.5 Å². The second-order valence-electron chi connectivity index (χ2n) is 6.42. The topological polar surface area (TPSA) is 77.6 Å². The standard InChI is InChI=1S/C19H24N6OS/c1-5-24-17(15-9-7-6-8-10-15)22-23-19(24)27-14(4)18(26)21-16-11-12-20-25(16)13(2)3/h6-14H,5H2,1-4H3,(H,21,26)/t14-/m0/s1. The average molecular weight is 385 g/mol. The molecule has 1 N–H and O–H groups in total. The number of amides is 1. The van der Waals surface area contributed by atoms with Crippen LogP contribution >= 0.6 is 11.8 Å². The summed E-state index contributed by atoms with van der Waals surface area (Å²) in [6.07, 6.45) is 1.69. The van der Waals surface area contributed by atoms with Gasteiger partial charge in [-0.25, -0.2) is 4.68 Å². The van der Waals surface area contributed by atoms with Gasteiger partial charge in [-0.15, -0.1) is 10.2 Å². The van der Waals surface area contributed by atoms with Crippen molar-refractivity contribution in [3.8, 4) is 11.4 Å². The lowest BCUT2D eigenvalue weighted by Crippen LogP contribution is -2.25. The Morgan fingerprint density at radius 1 is 1.15 bits per heavy atom. The minimum Gasteiger partial charge on any atom is -0.310 e. The molecule has 0 saturated heterocycles. The van der Waals surface area contributed by atoms with E-state index in [1.807, 2.05) is 62.6 Å². The van der Waals surface area contributed by atoms with Crippen LogP contribution in [0.1, 0.15) is 33.7 Å². The van der Waals surface area contributed by atoms with Crippen molar-refractivity contribution in [2.45, 2.75) is 50.7 Å². The maximum absolute atomic E-state index is 12.6. The number of benzene rings is 1. The summed E-state index contributed by atoms with van der Waals surface area (Å²) in [5.41, 5.74) is 1.01. The third kappa shape index (κ3) is 4.21. The smallest absolute Gasteiger partial charge is 0.238 e. The normalized spacial score (nSPS) is 12.3. The molecule has 142 valence electrons. The van der Waals surface area contributed by atoms with Crippen LogP contribution in [0.15, 0.2) is 47.8 Å². The van der Waals surface area contributed by atoms with Gasteiger partial charge in [0.2, 0.25) is 5.91 Å². The molecule has 0 bridgehead atoms. The van der Waals surface area contributed by atoms with E-state index in [1.165, 1.54) is 11.8 Å². The molecule has 0 aliphatic heterocycles. The summed E-state index contributed by atoms with van der Waals surface area (Å²) in [6.45, 7) is 8.69. The van der Waals surface area contributed by atoms with Gasteiger partial charge in [0.1, 0.15) is 5.82 Å². The molecule has 7 nitrogen and oxygen atoms in total. The van der Waals surface area contributed by atoms with Crippen LogP contribution in [0.5, 0.6) is 0 Å². The van der Waals surface area contributed by atoms with E-state index >= 15 is 0 Å². The van der Waals surface area contributed by atoms with Crippen LogP contribution in [0.4, 0.5) is 5.82 Å². The maximum atomic E-state index is 12.6. The van der Waals surface area contributed by atoms with Crippen molar-refractivity contribution in [1.29, 1.82) is 0 Å². The van der Waals surface area contributed by atoms with Crippen LogP contribution in [0.2, 0.25) is 0 Å². The van der Waals surface area contributed by atoms with Gasteiger partial charge in [-0.2, -0.15) is 5.10 Å². The van der Waals surface area contributed by atoms with Crippen molar-refractivity contribution in [2.75, 3.05) is 5.32 Å². The number of nitrogens with zero attached hydrogens (tertiary/aromatic N) is 5. The lowest BCUT2D eigenvalue weighted by molar-refractivity contribution is -0.115. The summed E-state index contributed by atoms with van der Waals surface area (Å²) < 4.78 is 3.82. The van der Waals surface area contributed by atoms with E-state index in [0.29, 0.717) is 5.82 Å². The molecule has 3 rings (SSSR count). The van der Waals surface area contributed by atoms with Crippen LogP contribution in [-0.4, -0.2) is 35.7 Å². The SMILES string of the molecule is CCn1c(S[C@@H](C)C(=O)Nc2ccnn2C(C)C)nnc1-c1ccccc1. The first kappa shape index (κ1) is 19.2. The molecule has 0 radical (unpaired) electrons. The fraction of sp³-hybridized carbons (Fsp3) is 0.368. The minimum absolute atomic E-state index is 0.0886. The molecule has 27 heavy (non-hydrogen) atoms. The molecule has 8 heteroatoms. The number of thioether (sulfide) groups is 1. The lowest BCUT2D eigenvalue weighted by Gasteiger charge is -2.15. The van der Waals surface area contributed by atoms with E-state index in [1.54, 1.807) is 16.9 Å². The summed E-state index contributed by atoms with van der Waals surface area (Å²) in [6, 6.07) is 11.9. The molecule has 1 atom stereocenters. The Morgan fingerprint density at radius 2 is 1.89 bits per heavy atom. The van der Waals surface area contributed by atoms with Crippen molar-refractivity contribution < 1.29 is 4.79 Å². The molecular formula is C19H24N6OS. The van der Waals surface area contributed by atoms with Crippen LogP contribution in [0.3, 0.4) is 0 Å². The Bertz CT molecular complexity index is 902. The zero-order chi connectivity index (χ0) is 19.4. The van der Waals surface area contributed by atoms with E-state index < -0.39 is 0 Å². The van der Waals surface area contributed by atoms with E-state index in [2.05, 4.69) is 20.6 Å². The van der Waals surface area contributed by atoms with E-state index in [9.17, 15) is 4.79 Å². The van der Waals surface area contributed by atoms with Crippen LogP contribution < -0.4 is 5.32 Å². The quantitative estimate of drug-likeness (QED) is 0.626. The van der Waals surface area contributed by atoms with Crippen molar-refractivity contribution in [2.24, 2.45) is 0 Å². The number of hydrogen-bond acceptors (Lipinski definition) is 5. The predicted octanol–water partition coefficient (Wildman–Crippen LogP) is 3.86. The summed E-state index contributed by atoms with van der Waals surface area (Å²) in [5.74, 6) is 1.42. The van der Waals surface area contributed by atoms with E-state index in [-0.39, 0.29) is 17.2 Å². The van der Waals surface area contributed by atoms with Gasteiger partial charge < -0.3 is 9.88 Å². The highest BCUT2D eigenvalue weighted by Gasteiger charge is 2.21. The molecule has 2 aromatic heterocycles. The fourth-order valence-corrected chi connectivity index (χ4v) is 3.64. The Labute approximate surface area is 163 Å². The summed E-state index contributed by atoms with van der Waals surface area (Å²) >= 11 is 1.40. The molecule has 0 unspecified atom stereocenters. The highest BCUT2D eigenvalue weighted by Crippen LogP contribution is 2.27. The van der Waals surface area contributed by atoms with Gasteiger partial charge in [0.15, 0.2) is 11.0 Å². The third-order valence-electron chi connectivity index (χ3n) is 4.13. The second kappa shape index (κ2) is 8.39. The Morgan fingerprint density at radius 3 is 2.56 bits per heavy atom. The van der Waals surface area contributed by atoms with Crippen LogP contribution in [-0.2, 0) is 11.3 Å². The van der Waals surface area contributed by atoms with Crippen molar-refractivity contribution in [3.05, 3.63) is 42.6 Å². The highest BCUT2D eigenvalue weighted by atomic mass is 32.2. The molecule has 0 aliphatic carbocycles. The second-order valence-corrected chi connectivity index (χ2v) is 7.73. The van der Waals surface area contributed by atoms with Crippen molar-refractivity contribution in [1.82, 2.24) is 24.5 Å². The average Bonchev–Trinajstić information content (AvgIpc) is 3.29. The van der Waals surface area contributed by atoms with Gasteiger partial charge in [-0.05, 0) is 27.7 Å². The third-order valence-corrected chi connectivity index (χ3v) is 5.21. The largest absolute Gasteiger partial charge is 0.310 e. The molecule has 1 amide bonds. The molecule has 0 fully saturated rings. The highest BCUT2D eigenvalue weighted by molar-refractivity contribution is 8.00. The van der Waals surface area contributed by atoms with Gasteiger partial charge >= 0.3 is 0 Å². The molecule has 3 aromatic rings. The minimum atomic E-state index is -0.321. The number of carbonyl (C=O) groups is 1. The molecule has 0 saturated carbocycles. The Kier molecular flexibility index (Phi) is 5.95. The number of anilines is 1. The Balaban J connectivity index is 1.74. The lowest BCUT2D eigenvalue weighted by atomic mass is 10.2. The molecule has 2 heterocycles. The zero-order valence-electron chi connectivity index (χ0n) is 16.0. The van der Waals surface area contributed by atoms with Gasteiger partial charge in [0.05, 0.1) is 11.4 Å². The first-order chi connectivity index (χ1) is 13.0. The van der Waals surface area contributed by atoms with Crippen LogP contribution in [0, 0.1) is 0 Å². The maximum Gasteiger partial charge on any atom is 0.238 e. The first-order valence-corrected chi connectivity index (χ1v) is 9.88. The monoisotopic (exact) mass is 384 g/mol. The first-order valence-electron chi connectivity index (χ1n) is 9.01. The van der Waals surface area contributed by atoms with E-state index in [4.69, 9.17) is 0 Å². The van der Waals surface area contributed by atoms with Crippen molar-refractivity contribution in [3.63, 3.8) is 0 Å². The molecule has 0 spiro atoms. The van der Waals surface area contributed by atoms with Gasteiger partial charge in [0, 0.05) is 24.2 Å². The number of nitrogens with one attached hydrogen (secondary N) is 1. The van der Waals surface area contributed by atoms with Gasteiger partial charge in [-0.1, -0.05) is 42.1 Å². The predicted molar refractivity (Wildman–Crippen MR) is 108 cm³/mol. The summed E-state index contributed by atoms with van der Waals surface area (Å²) in [4.78, 5) is 12.6. The number of carbonyl (C=O) groups excluding carboxylic acids is 1. The summed E-state index contributed by atoms with van der Waals surface area (Å²) in [5, 5.41) is 16.2. The fourth-order valence-electron chi connectivity index (χ4n) is 2.73. The summed E-state index contributed by atoms with van der Waals surface area (Å²) in [7, 11) is 0. The van der Waals surface area contributed by atoms with Gasteiger partial charge in [0.25, 0.3) is 0 Å². The Hall–Kier alpha value is -2.61.